The lowest BCUT2D eigenvalue weighted by Gasteiger charge is -2.25. The van der Waals surface area contributed by atoms with E-state index in [-0.39, 0.29) is 33.0 Å². The first-order chi connectivity index (χ1) is 13.4. The van der Waals surface area contributed by atoms with E-state index >= 15 is 0 Å². The van der Waals surface area contributed by atoms with Gasteiger partial charge in [0.25, 0.3) is 0 Å². The van der Waals surface area contributed by atoms with E-state index in [1.807, 2.05) is 0 Å². The van der Waals surface area contributed by atoms with Crippen LogP contribution in [0.2, 0.25) is 10.0 Å². The van der Waals surface area contributed by atoms with E-state index in [9.17, 15) is 21.6 Å². The minimum absolute atomic E-state index is 0.00880. The molecule has 0 aliphatic heterocycles. The Labute approximate surface area is 182 Å². The summed E-state index contributed by atoms with van der Waals surface area (Å²) in [7, 11) is -3.59. The molecule has 2 rings (SSSR count). The maximum absolute atomic E-state index is 12.9. The third-order valence-electron chi connectivity index (χ3n) is 4.01. The van der Waals surface area contributed by atoms with Crippen molar-refractivity contribution < 1.29 is 21.6 Å². The molecule has 0 spiro atoms. The van der Waals surface area contributed by atoms with Crippen molar-refractivity contribution in [3.05, 3.63) is 58.1 Å². The molecule has 158 valence electrons. The average Bonchev–Trinajstić information content (AvgIpc) is 2.63. The summed E-state index contributed by atoms with van der Waals surface area (Å²) in [6, 6.07) is 8.62. The maximum Gasteiger partial charge on any atom is 0.416 e. The van der Waals surface area contributed by atoms with E-state index in [1.54, 1.807) is 6.92 Å². The fraction of sp³-hybridized carbons (Fsp3) is 0.278. The van der Waals surface area contributed by atoms with Crippen molar-refractivity contribution in [2.24, 2.45) is 0 Å². The fourth-order valence-electron chi connectivity index (χ4n) is 2.39. The third kappa shape index (κ3) is 6.47. The average molecular weight is 485 g/mol. The first-order valence-corrected chi connectivity index (χ1v) is 11.2. The van der Waals surface area contributed by atoms with Crippen LogP contribution in [-0.2, 0) is 16.0 Å². The molecule has 0 saturated carbocycles. The highest BCUT2D eigenvalue weighted by atomic mass is 35.5. The van der Waals surface area contributed by atoms with Gasteiger partial charge in [0.2, 0.25) is 0 Å². The number of alkyl halides is 3. The minimum atomic E-state index is -4.53. The number of halogens is 5. The van der Waals surface area contributed by atoms with E-state index in [0.29, 0.717) is 11.6 Å². The zero-order valence-electron chi connectivity index (χ0n) is 15.1. The van der Waals surface area contributed by atoms with Gasteiger partial charge in [-0.15, -0.1) is 0 Å². The van der Waals surface area contributed by atoms with Gasteiger partial charge in [0, 0.05) is 18.1 Å². The van der Waals surface area contributed by atoms with Gasteiger partial charge in [-0.3, -0.25) is 0 Å². The Hall–Kier alpha value is -1.55. The van der Waals surface area contributed by atoms with Crippen LogP contribution in [0.4, 0.5) is 18.9 Å². The summed E-state index contributed by atoms with van der Waals surface area (Å²) in [5.41, 5.74) is -0.883. The van der Waals surface area contributed by atoms with Gasteiger partial charge < -0.3 is 10.2 Å². The Morgan fingerprint density at radius 2 is 1.76 bits per heavy atom. The zero-order valence-corrected chi connectivity index (χ0v) is 18.3. The number of nitrogens with zero attached hydrogens (tertiary/aromatic N) is 1. The Balaban J connectivity index is 2.10. The molecule has 29 heavy (non-hydrogen) atoms. The lowest BCUT2D eigenvalue weighted by Crippen LogP contribution is -2.38. The Morgan fingerprint density at radius 1 is 1.14 bits per heavy atom. The molecule has 0 aliphatic carbocycles. The topological polar surface area (TPSA) is 49.4 Å². The molecular formula is C18H17Cl2F3N2O2S2. The standard InChI is InChI=1S/C18H17Cl2F3N2O2S2/c1-2-25(9-10-29(26,27)14-6-4-13(19)5-7-14)17(28)24-16-11-12(18(21,22)23)3-8-15(16)20/h3-8,11H,2,9-10H2,1H3,(H,24,28). The Bertz CT molecular complexity index is 982. The number of hydrogen-bond donors (Lipinski definition) is 1. The first-order valence-electron chi connectivity index (χ1n) is 8.35. The van der Waals surface area contributed by atoms with Gasteiger partial charge in [-0.05, 0) is 61.6 Å². The van der Waals surface area contributed by atoms with Gasteiger partial charge in [0.1, 0.15) is 0 Å². The largest absolute Gasteiger partial charge is 0.416 e. The van der Waals surface area contributed by atoms with Crippen molar-refractivity contribution in [3.8, 4) is 0 Å². The molecule has 11 heteroatoms. The van der Waals surface area contributed by atoms with Crippen molar-refractivity contribution >= 4 is 56.1 Å². The second kappa shape index (κ2) is 9.51. The van der Waals surface area contributed by atoms with Crippen LogP contribution in [0.25, 0.3) is 0 Å². The van der Waals surface area contributed by atoms with Crippen molar-refractivity contribution in [1.29, 1.82) is 0 Å². The fourth-order valence-corrected chi connectivity index (χ4v) is 4.25. The van der Waals surface area contributed by atoms with E-state index in [2.05, 4.69) is 5.32 Å². The molecule has 0 heterocycles. The maximum atomic E-state index is 12.9. The minimum Gasteiger partial charge on any atom is -0.348 e. The number of sulfone groups is 1. The first kappa shape index (κ1) is 23.7. The van der Waals surface area contributed by atoms with Gasteiger partial charge in [0.15, 0.2) is 14.9 Å². The number of benzene rings is 2. The summed E-state index contributed by atoms with van der Waals surface area (Å²) in [5.74, 6) is -0.236. The highest BCUT2D eigenvalue weighted by molar-refractivity contribution is 7.91. The lowest BCUT2D eigenvalue weighted by atomic mass is 10.2. The summed E-state index contributed by atoms with van der Waals surface area (Å²) in [6.07, 6.45) is -4.53. The van der Waals surface area contributed by atoms with E-state index in [1.165, 1.54) is 29.2 Å². The predicted molar refractivity (Wildman–Crippen MR) is 113 cm³/mol. The Morgan fingerprint density at radius 3 is 2.31 bits per heavy atom. The van der Waals surface area contributed by atoms with Crippen molar-refractivity contribution in [2.75, 3.05) is 24.2 Å². The quantitative estimate of drug-likeness (QED) is 0.548. The molecule has 0 aromatic heterocycles. The number of rotatable bonds is 6. The van der Waals surface area contributed by atoms with Crippen LogP contribution in [0, 0.1) is 0 Å². The number of thiocarbonyl (C=S) groups is 1. The van der Waals surface area contributed by atoms with Crippen molar-refractivity contribution in [2.45, 2.75) is 18.0 Å². The number of anilines is 1. The summed E-state index contributed by atoms with van der Waals surface area (Å²) < 4.78 is 63.7. The summed E-state index contributed by atoms with van der Waals surface area (Å²) in [5, 5.41) is 3.22. The molecule has 2 aromatic carbocycles. The SMILES string of the molecule is CCN(CCS(=O)(=O)c1ccc(Cl)cc1)C(=S)Nc1cc(C(F)(F)F)ccc1Cl. The molecule has 0 bridgehead atoms. The van der Waals surface area contributed by atoms with Crippen LogP contribution in [0.15, 0.2) is 47.4 Å². The molecule has 4 nitrogen and oxygen atoms in total. The van der Waals surface area contributed by atoms with Gasteiger partial charge >= 0.3 is 6.18 Å². The molecule has 0 unspecified atom stereocenters. The highest BCUT2D eigenvalue weighted by Gasteiger charge is 2.31. The van der Waals surface area contributed by atoms with Crippen LogP contribution in [-0.4, -0.2) is 37.3 Å². The molecule has 0 radical (unpaired) electrons. The lowest BCUT2D eigenvalue weighted by molar-refractivity contribution is -0.137. The van der Waals surface area contributed by atoms with Gasteiger partial charge in [-0.25, -0.2) is 8.42 Å². The highest BCUT2D eigenvalue weighted by Crippen LogP contribution is 2.34. The molecule has 0 aliphatic rings. The molecule has 0 saturated heterocycles. The van der Waals surface area contributed by atoms with Gasteiger partial charge in [0.05, 0.1) is 26.9 Å². The molecule has 2 aromatic rings. The van der Waals surface area contributed by atoms with Crippen LogP contribution in [0.5, 0.6) is 0 Å². The molecule has 0 atom stereocenters. The molecule has 0 amide bonds. The summed E-state index contributed by atoms with van der Waals surface area (Å²) >= 11 is 17.0. The van der Waals surface area contributed by atoms with Crippen molar-refractivity contribution in [1.82, 2.24) is 4.90 Å². The van der Waals surface area contributed by atoms with Gasteiger partial charge in [-0.2, -0.15) is 13.2 Å². The van der Waals surface area contributed by atoms with E-state index in [4.69, 9.17) is 35.4 Å². The smallest absolute Gasteiger partial charge is 0.348 e. The molecule has 0 fully saturated rings. The molecule has 1 N–H and O–H groups in total. The third-order valence-corrected chi connectivity index (χ3v) is 6.66. The number of nitrogens with one attached hydrogen (secondary N) is 1. The van der Waals surface area contributed by atoms with Crippen LogP contribution in [0.3, 0.4) is 0 Å². The van der Waals surface area contributed by atoms with Crippen molar-refractivity contribution in [3.63, 3.8) is 0 Å². The van der Waals surface area contributed by atoms with Crippen LogP contribution >= 0.6 is 35.4 Å². The second-order valence-electron chi connectivity index (χ2n) is 5.97. The summed E-state index contributed by atoms with van der Waals surface area (Å²) in [6.45, 7) is 2.14. The van der Waals surface area contributed by atoms with Gasteiger partial charge in [-0.1, -0.05) is 23.2 Å². The summed E-state index contributed by atoms with van der Waals surface area (Å²) in [4.78, 5) is 1.65. The van der Waals surface area contributed by atoms with Crippen LogP contribution in [0.1, 0.15) is 12.5 Å². The van der Waals surface area contributed by atoms with Crippen LogP contribution < -0.4 is 5.32 Å². The Kier molecular flexibility index (Phi) is 7.78. The normalized spacial score (nSPS) is 11.9. The van der Waals surface area contributed by atoms with E-state index in [0.717, 1.165) is 18.2 Å². The number of hydrogen-bond acceptors (Lipinski definition) is 3. The zero-order chi connectivity index (χ0) is 21.8. The second-order valence-corrected chi connectivity index (χ2v) is 9.31. The van der Waals surface area contributed by atoms with E-state index < -0.39 is 21.6 Å². The monoisotopic (exact) mass is 484 g/mol. The predicted octanol–water partition coefficient (Wildman–Crippen LogP) is 5.50. The molecular weight excluding hydrogens is 468 g/mol.